The van der Waals surface area contributed by atoms with Gasteiger partial charge in [-0.05, 0) is 31.9 Å². The van der Waals surface area contributed by atoms with Crippen molar-refractivity contribution >= 4 is 23.9 Å². The highest BCUT2D eigenvalue weighted by Crippen LogP contribution is 2.26. The van der Waals surface area contributed by atoms with Crippen LogP contribution in [0.3, 0.4) is 0 Å². The monoisotopic (exact) mass is 373 g/mol. The van der Waals surface area contributed by atoms with Crippen LogP contribution in [0, 0.1) is 5.92 Å². The molecule has 2 aliphatic rings. The Balaban J connectivity index is 1.47. The number of para-hydroxylation sites is 1. The molecule has 0 radical (unpaired) electrons. The highest BCUT2D eigenvalue weighted by atomic mass is 16.5. The van der Waals surface area contributed by atoms with Crippen LogP contribution in [0.1, 0.15) is 25.3 Å². The number of benzene rings is 1. The van der Waals surface area contributed by atoms with Gasteiger partial charge in [-0.2, -0.15) is 0 Å². The number of hydrogen-bond acceptors (Lipinski definition) is 6. The quantitative estimate of drug-likeness (QED) is 0.732. The number of carbonyl (C=O) groups excluding carboxylic acids is 3. The van der Waals surface area contributed by atoms with Crippen LogP contribution in [-0.2, 0) is 23.9 Å². The molecule has 7 nitrogen and oxygen atoms in total. The van der Waals surface area contributed by atoms with Gasteiger partial charge < -0.3 is 19.1 Å². The molecule has 0 atom stereocenters. The van der Waals surface area contributed by atoms with E-state index < -0.39 is 5.97 Å². The summed E-state index contributed by atoms with van der Waals surface area (Å²) in [5.41, 5.74) is 1.19. The molecule has 3 rings (SSSR count). The maximum Gasteiger partial charge on any atom is 0.338 e. The Kier molecular flexibility index (Phi) is 6.11. The largest absolute Gasteiger partial charge is 0.488 e. The van der Waals surface area contributed by atoms with Crippen molar-refractivity contribution in [3.8, 4) is 5.75 Å². The Morgan fingerprint density at radius 3 is 2.63 bits per heavy atom. The van der Waals surface area contributed by atoms with Crippen LogP contribution in [0.25, 0.3) is 6.08 Å². The molecule has 0 saturated carbocycles. The fourth-order valence-electron chi connectivity index (χ4n) is 3.17. The molecule has 27 heavy (non-hydrogen) atoms. The average molecular weight is 373 g/mol. The number of ether oxygens (including phenoxy) is 3. The molecule has 0 unspecified atom stereocenters. The number of hydrogen-bond donors (Lipinski definition) is 0. The van der Waals surface area contributed by atoms with Gasteiger partial charge >= 0.3 is 11.9 Å². The van der Waals surface area contributed by atoms with Crippen LogP contribution in [0.2, 0.25) is 0 Å². The lowest BCUT2D eigenvalue weighted by molar-refractivity contribution is -0.153. The van der Waals surface area contributed by atoms with E-state index in [9.17, 15) is 14.4 Å². The van der Waals surface area contributed by atoms with Gasteiger partial charge in [-0.25, -0.2) is 4.79 Å². The van der Waals surface area contributed by atoms with Gasteiger partial charge in [0.25, 0.3) is 5.91 Å². The maximum atomic E-state index is 12.3. The van der Waals surface area contributed by atoms with E-state index in [1.165, 1.54) is 0 Å². The molecule has 1 aromatic rings. The lowest BCUT2D eigenvalue weighted by Gasteiger charge is -2.30. The first-order valence-corrected chi connectivity index (χ1v) is 9.12. The molecule has 0 aliphatic carbocycles. The molecule has 0 bridgehead atoms. The fraction of sp³-hybridized carbons (Fsp3) is 0.450. The van der Waals surface area contributed by atoms with Crippen LogP contribution in [-0.4, -0.2) is 55.7 Å². The number of amides is 1. The van der Waals surface area contributed by atoms with E-state index in [1.807, 2.05) is 24.3 Å². The summed E-state index contributed by atoms with van der Waals surface area (Å²) in [6, 6.07) is 7.40. The standard InChI is InChI=1S/C20H23NO6/c1-2-25-19(23)14-7-9-21(10-8-14)18(22)13-27-20(24)16-11-15-5-3-4-6-17(15)26-12-16/h3-6,11,14H,2,7-10,12-13H2,1H3. The van der Waals surface area contributed by atoms with Crippen molar-refractivity contribution in [2.75, 3.05) is 32.9 Å². The predicted molar refractivity (Wildman–Crippen MR) is 96.8 cm³/mol. The SMILES string of the molecule is CCOC(=O)C1CCN(C(=O)COC(=O)C2=Cc3ccccc3OC2)CC1. The average Bonchev–Trinajstić information content (AvgIpc) is 2.71. The fourth-order valence-corrected chi connectivity index (χ4v) is 3.17. The molecule has 2 aliphatic heterocycles. The predicted octanol–water partition coefficient (Wildman–Crippen LogP) is 1.81. The second-order valence-electron chi connectivity index (χ2n) is 6.48. The number of fused-ring (bicyclic) bond motifs is 1. The van der Waals surface area contributed by atoms with Gasteiger partial charge in [0.05, 0.1) is 18.1 Å². The maximum absolute atomic E-state index is 12.3. The van der Waals surface area contributed by atoms with Crippen molar-refractivity contribution in [3.05, 3.63) is 35.4 Å². The van der Waals surface area contributed by atoms with Crippen LogP contribution in [0.15, 0.2) is 29.8 Å². The minimum absolute atomic E-state index is 0.120. The van der Waals surface area contributed by atoms with Crippen LogP contribution >= 0.6 is 0 Å². The van der Waals surface area contributed by atoms with Crippen molar-refractivity contribution < 1.29 is 28.6 Å². The topological polar surface area (TPSA) is 82.1 Å². The van der Waals surface area contributed by atoms with Gasteiger partial charge in [-0.3, -0.25) is 9.59 Å². The van der Waals surface area contributed by atoms with Crippen molar-refractivity contribution in [2.45, 2.75) is 19.8 Å². The minimum atomic E-state index is -0.556. The lowest BCUT2D eigenvalue weighted by Crippen LogP contribution is -2.42. The molecule has 7 heteroatoms. The smallest absolute Gasteiger partial charge is 0.338 e. The summed E-state index contributed by atoms with van der Waals surface area (Å²) in [4.78, 5) is 37.8. The Morgan fingerprint density at radius 1 is 1.15 bits per heavy atom. The molecule has 1 aromatic carbocycles. The lowest BCUT2D eigenvalue weighted by atomic mass is 9.97. The summed E-state index contributed by atoms with van der Waals surface area (Å²) in [5, 5.41) is 0. The first-order valence-electron chi connectivity index (χ1n) is 9.12. The van der Waals surface area contributed by atoms with Gasteiger partial charge in [0, 0.05) is 18.7 Å². The van der Waals surface area contributed by atoms with E-state index in [1.54, 1.807) is 17.9 Å². The zero-order valence-electron chi connectivity index (χ0n) is 15.3. The number of likely N-dealkylation sites (tertiary alicyclic amines) is 1. The Hall–Kier alpha value is -2.83. The van der Waals surface area contributed by atoms with Gasteiger partial charge in [0.2, 0.25) is 0 Å². The van der Waals surface area contributed by atoms with Crippen molar-refractivity contribution in [1.82, 2.24) is 4.90 Å². The molecule has 2 heterocycles. The summed E-state index contributed by atoms with van der Waals surface area (Å²) in [6.07, 6.45) is 2.85. The number of carbonyl (C=O) groups is 3. The highest BCUT2D eigenvalue weighted by Gasteiger charge is 2.29. The van der Waals surface area contributed by atoms with E-state index in [2.05, 4.69) is 0 Å². The minimum Gasteiger partial charge on any atom is -0.488 e. The summed E-state index contributed by atoms with van der Waals surface area (Å²) in [6.45, 7) is 2.85. The van der Waals surface area contributed by atoms with E-state index in [4.69, 9.17) is 14.2 Å². The van der Waals surface area contributed by atoms with Gasteiger partial charge in [-0.1, -0.05) is 18.2 Å². The first-order chi connectivity index (χ1) is 13.1. The summed E-state index contributed by atoms with van der Waals surface area (Å²) in [5.74, 6) is -0.473. The van der Waals surface area contributed by atoms with Crippen LogP contribution < -0.4 is 4.74 Å². The van der Waals surface area contributed by atoms with Crippen molar-refractivity contribution in [1.29, 1.82) is 0 Å². The summed E-state index contributed by atoms with van der Waals surface area (Å²) in [7, 11) is 0. The Morgan fingerprint density at radius 2 is 1.89 bits per heavy atom. The van der Waals surface area contributed by atoms with E-state index in [0.717, 1.165) is 11.3 Å². The second kappa shape index (κ2) is 8.70. The van der Waals surface area contributed by atoms with E-state index in [0.29, 0.717) is 38.1 Å². The zero-order valence-corrected chi connectivity index (χ0v) is 15.3. The highest BCUT2D eigenvalue weighted by molar-refractivity contribution is 5.96. The molecule has 0 spiro atoms. The second-order valence-corrected chi connectivity index (χ2v) is 6.48. The van der Waals surface area contributed by atoms with Crippen molar-refractivity contribution in [2.24, 2.45) is 5.92 Å². The summed E-state index contributed by atoms with van der Waals surface area (Å²) < 4.78 is 15.7. The molecular formula is C20H23NO6. The van der Waals surface area contributed by atoms with Crippen molar-refractivity contribution in [3.63, 3.8) is 0 Å². The Bertz CT molecular complexity index is 749. The molecule has 1 saturated heterocycles. The van der Waals surface area contributed by atoms with E-state index >= 15 is 0 Å². The number of rotatable bonds is 5. The third kappa shape index (κ3) is 4.67. The molecule has 0 aromatic heterocycles. The Labute approximate surface area is 157 Å². The summed E-state index contributed by atoms with van der Waals surface area (Å²) >= 11 is 0. The first kappa shape index (κ1) is 18.9. The molecule has 1 amide bonds. The molecule has 1 fully saturated rings. The molecular weight excluding hydrogens is 350 g/mol. The van der Waals surface area contributed by atoms with E-state index in [-0.39, 0.29) is 31.0 Å². The number of nitrogens with zero attached hydrogens (tertiary/aromatic N) is 1. The normalized spacial score (nSPS) is 16.6. The van der Waals surface area contributed by atoms with Crippen LogP contribution in [0.5, 0.6) is 5.75 Å². The zero-order chi connectivity index (χ0) is 19.2. The number of piperidine rings is 1. The molecule has 144 valence electrons. The number of esters is 2. The van der Waals surface area contributed by atoms with Gasteiger partial charge in [-0.15, -0.1) is 0 Å². The van der Waals surface area contributed by atoms with Gasteiger partial charge in [0.1, 0.15) is 12.4 Å². The van der Waals surface area contributed by atoms with Gasteiger partial charge in [0.15, 0.2) is 6.61 Å². The van der Waals surface area contributed by atoms with Crippen LogP contribution in [0.4, 0.5) is 0 Å². The third-order valence-electron chi connectivity index (χ3n) is 4.69. The third-order valence-corrected chi connectivity index (χ3v) is 4.69. The molecule has 0 N–H and O–H groups in total.